The van der Waals surface area contributed by atoms with Gasteiger partial charge in [0.15, 0.2) is 11.5 Å². The van der Waals surface area contributed by atoms with Crippen molar-refractivity contribution >= 4 is 16.7 Å². The fourth-order valence-electron chi connectivity index (χ4n) is 5.99. The van der Waals surface area contributed by atoms with E-state index < -0.39 is 0 Å². The van der Waals surface area contributed by atoms with Gasteiger partial charge in [-0.2, -0.15) is 0 Å². The van der Waals surface area contributed by atoms with Gasteiger partial charge in [-0.05, 0) is 56.8 Å². The molecule has 1 atom stereocenters. The number of benzene rings is 1. The maximum absolute atomic E-state index is 5.62. The van der Waals surface area contributed by atoms with Gasteiger partial charge >= 0.3 is 0 Å². The molecule has 4 heterocycles. The maximum atomic E-state index is 5.62. The zero-order chi connectivity index (χ0) is 20.6. The van der Waals surface area contributed by atoms with Gasteiger partial charge in [0.1, 0.15) is 5.82 Å². The lowest BCUT2D eigenvalue weighted by Gasteiger charge is -2.39. The van der Waals surface area contributed by atoms with Crippen molar-refractivity contribution in [3.05, 3.63) is 23.8 Å². The molecule has 0 bridgehead atoms. The summed E-state index contributed by atoms with van der Waals surface area (Å²) < 4.78 is 11.2. The highest BCUT2D eigenvalue weighted by molar-refractivity contribution is 5.85. The lowest BCUT2D eigenvalue weighted by Crippen LogP contribution is -2.50. The molecule has 0 radical (unpaired) electrons. The van der Waals surface area contributed by atoms with E-state index in [1.54, 1.807) is 0 Å². The Morgan fingerprint density at radius 1 is 0.935 bits per heavy atom. The van der Waals surface area contributed by atoms with Crippen LogP contribution in [0.15, 0.2) is 18.2 Å². The summed E-state index contributed by atoms with van der Waals surface area (Å²) in [6.07, 6.45) is 9.62. The lowest BCUT2D eigenvalue weighted by molar-refractivity contribution is 0.174. The van der Waals surface area contributed by atoms with Crippen LogP contribution in [0.25, 0.3) is 10.9 Å². The molecule has 2 saturated heterocycles. The minimum atomic E-state index is 0.304. The molecule has 3 aliphatic heterocycles. The molecule has 1 unspecified atom stereocenters. The van der Waals surface area contributed by atoms with Gasteiger partial charge in [-0.3, -0.25) is 4.90 Å². The smallest absolute Gasteiger partial charge is 0.231 e. The Bertz CT molecular complexity index is 943. The Morgan fingerprint density at radius 2 is 1.81 bits per heavy atom. The normalized spacial score (nSPS) is 24.1. The molecule has 1 aliphatic carbocycles. The number of pyridine rings is 1. The van der Waals surface area contributed by atoms with Gasteiger partial charge in [-0.25, -0.2) is 4.98 Å². The maximum Gasteiger partial charge on any atom is 0.231 e. The quantitative estimate of drug-likeness (QED) is 0.788. The number of hydrogen-bond donors (Lipinski definition) is 1. The molecule has 6 nitrogen and oxygen atoms in total. The van der Waals surface area contributed by atoms with Crippen LogP contribution in [0.2, 0.25) is 0 Å². The number of ether oxygens (including phenoxy) is 2. The number of fused-ring (bicyclic) bond motifs is 3. The van der Waals surface area contributed by atoms with E-state index in [1.165, 1.54) is 57.1 Å². The minimum absolute atomic E-state index is 0.304. The minimum Gasteiger partial charge on any atom is -0.454 e. The summed E-state index contributed by atoms with van der Waals surface area (Å²) in [5, 5.41) is 4.92. The molecule has 3 fully saturated rings. The monoisotopic (exact) mass is 422 g/mol. The van der Waals surface area contributed by atoms with E-state index in [1.807, 2.05) is 6.07 Å². The van der Waals surface area contributed by atoms with Crippen molar-refractivity contribution in [1.82, 2.24) is 15.2 Å². The molecule has 1 aromatic carbocycles. The van der Waals surface area contributed by atoms with Crippen molar-refractivity contribution < 1.29 is 9.47 Å². The molecule has 0 spiro atoms. The Labute approximate surface area is 184 Å². The van der Waals surface area contributed by atoms with E-state index in [9.17, 15) is 0 Å². The molecule has 166 valence electrons. The Morgan fingerprint density at radius 3 is 2.71 bits per heavy atom. The Kier molecular flexibility index (Phi) is 5.36. The second-order valence-corrected chi connectivity index (χ2v) is 9.78. The van der Waals surface area contributed by atoms with Gasteiger partial charge in [0.05, 0.1) is 5.52 Å². The van der Waals surface area contributed by atoms with E-state index in [0.29, 0.717) is 12.8 Å². The van der Waals surface area contributed by atoms with Gasteiger partial charge in [0, 0.05) is 49.2 Å². The highest BCUT2D eigenvalue weighted by Crippen LogP contribution is 2.37. The predicted molar refractivity (Wildman–Crippen MR) is 123 cm³/mol. The first-order valence-electron chi connectivity index (χ1n) is 12.3. The van der Waals surface area contributed by atoms with E-state index in [4.69, 9.17) is 14.5 Å². The summed E-state index contributed by atoms with van der Waals surface area (Å²) in [7, 11) is 0. The number of anilines is 1. The summed E-state index contributed by atoms with van der Waals surface area (Å²) in [6.45, 7) is 6.89. The number of aromatic nitrogens is 1. The SMILES string of the molecule is c1c(CNCC2CCCCC2)c(N2CCN3CCCC3C2)nc2cc3c(cc12)OCO3. The number of nitrogens with one attached hydrogen (secondary N) is 1. The first kappa shape index (κ1) is 19.6. The molecular formula is C25H34N4O2. The zero-order valence-electron chi connectivity index (χ0n) is 18.4. The van der Waals surface area contributed by atoms with E-state index in [0.717, 1.165) is 66.9 Å². The first-order chi connectivity index (χ1) is 15.3. The van der Waals surface area contributed by atoms with Gasteiger partial charge in [0.2, 0.25) is 6.79 Å². The average molecular weight is 423 g/mol. The van der Waals surface area contributed by atoms with Crippen LogP contribution in [-0.2, 0) is 6.54 Å². The fraction of sp³-hybridized carbons (Fsp3) is 0.640. The fourth-order valence-corrected chi connectivity index (χ4v) is 5.99. The van der Waals surface area contributed by atoms with Gasteiger partial charge in [0.25, 0.3) is 0 Å². The van der Waals surface area contributed by atoms with E-state index in [2.05, 4.69) is 27.2 Å². The molecule has 31 heavy (non-hydrogen) atoms. The number of rotatable bonds is 5. The van der Waals surface area contributed by atoms with Crippen molar-refractivity contribution in [2.24, 2.45) is 5.92 Å². The second kappa shape index (κ2) is 8.47. The van der Waals surface area contributed by atoms with Crippen molar-refractivity contribution in [3.8, 4) is 11.5 Å². The van der Waals surface area contributed by atoms with Crippen molar-refractivity contribution in [3.63, 3.8) is 0 Å². The average Bonchev–Trinajstić information content (AvgIpc) is 3.46. The third kappa shape index (κ3) is 3.96. The summed E-state index contributed by atoms with van der Waals surface area (Å²) >= 11 is 0. The lowest BCUT2D eigenvalue weighted by atomic mass is 9.89. The number of piperazine rings is 1. The molecule has 6 heteroatoms. The van der Waals surface area contributed by atoms with Crippen LogP contribution in [0.5, 0.6) is 11.5 Å². The molecule has 1 aromatic heterocycles. The van der Waals surface area contributed by atoms with Crippen LogP contribution >= 0.6 is 0 Å². The van der Waals surface area contributed by atoms with Crippen LogP contribution in [0.3, 0.4) is 0 Å². The molecule has 4 aliphatic rings. The standard InChI is InChI=1S/C25H34N4O2/c1-2-5-18(6-3-1)14-26-15-20-11-19-12-23-24(31-17-30-23)13-22(19)27-25(20)29-10-9-28-8-4-7-21(28)16-29/h11-13,18,21,26H,1-10,14-17H2. The number of hydrogen-bond acceptors (Lipinski definition) is 6. The molecule has 6 rings (SSSR count). The van der Waals surface area contributed by atoms with E-state index in [-0.39, 0.29) is 0 Å². The summed E-state index contributed by atoms with van der Waals surface area (Å²) in [4.78, 5) is 10.4. The highest BCUT2D eigenvalue weighted by atomic mass is 16.7. The van der Waals surface area contributed by atoms with Crippen molar-refractivity contribution in [1.29, 1.82) is 0 Å². The third-order valence-electron chi connectivity index (χ3n) is 7.73. The Hall–Kier alpha value is -2.05. The first-order valence-corrected chi connectivity index (χ1v) is 12.3. The van der Waals surface area contributed by atoms with Gasteiger partial charge in [-0.15, -0.1) is 0 Å². The van der Waals surface area contributed by atoms with E-state index >= 15 is 0 Å². The summed E-state index contributed by atoms with van der Waals surface area (Å²) in [5.41, 5.74) is 2.32. The molecule has 2 aromatic rings. The summed E-state index contributed by atoms with van der Waals surface area (Å²) in [5.74, 6) is 3.65. The molecule has 1 saturated carbocycles. The zero-order valence-corrected chi connectivity index (χ0v) is 18.4. The highest BCUT2D eigenvalue weighted by Gasteiger charge is 2.32. The molecule has 1 N–H and O–H groups in total. The summed E-state index contributed by atoms with van der Waals surface area (Å²) in [6, 6.07) is 7.15. The van der Waals surface area contributed by atoms with Crippen LogP contribution in [-0.4, -0.2) is 55.4 Å². The molecule has 0 amide bonds. The molecular weight excluding hydrogens is 388 g/mol. The van der Waals surface area contributed by atoms with Crippen LogP contribution in [0, 0.1) is 5.92 Å². The van der Waals surface area contributed by atoms with Crippen LogP contribution < -0.4 is 19.7 Å². The number of nitrogens with zero attached hydrogens (tertiary/aromatic N) is 3. The predicted octanol–water partition coefficient (Wildman–Crippen LogP) is 3.92. The second-order valence-electron chi connectivity index (χ2n) is 9.78. The van der Waals surface area contributed by atoms with Gasteiger partial charge in [-0.1, -0.05) is 19.3 Å². The van der Waals surface area contributed by atoms with Crippen molar-refractivity contribution in [2.45, 2.75) is 57.5 Å². The van der Waals surface area contributed by atoms with Gasteiger partial charge < -0.3 is 19.7 Å². The van der Waals surface area contributed by atoms with Crippen LogP contribution in [0.4, 0.5) is 5.82 Å². The topological polar surface area (TPSA) is 49.9 Å². The third-order valence-corrected chi connectivity index (χ3v) is 7.73. The largest absolute Gasteiger partial charge is 0.454 e. The van der Waals surface area contributed by atoms with Crippen LogP contribution in [0.1, 0.15) is 50.5 Å². The van der Waals surface area contributed by atoms with Crippen molar-refractivity contribution in [2.75, 3.05) is 44.4 Å². The Balaban J connectivity index is 1.28.